The zero-order valence-corrected chi connectivity index (χ0v) is 20.6. The summed E-state index contributed by atoms with van der Waals surface area (Å²) in [5.74, 6) is -1.53. The number of amides is 1. The lowest BCUT2D eigenvalue weighted by atomic mass is 10.1. The number of alkyl halides is 3. The lowest BCUT2D eigenvalue weighted by Crippen LogP contribution is -2.37. The monoisotopic (exact) mass is 534 g/mol. The third-order valence-corrected chi connectivity index (χ3v) is 6.00. The minimum Gasteiger partial charge on any atom is -0.493 e. The molecule has 1 fully saturated rings. The van der Waals surface area contributed by atoms with Gasteiger partial charge in [-0.1, -0.05) is 6.58 Å². The van der Waals surface area contributed by atoms with Crippen molar-refractivity contribution in [1.29, 1.82) is 0 Å². The van der Waals surface area contributed by atoms with Gasteiger partial charge >= 0.3 is 6.18 Å². The molecule has 4 rings (SSSR count). The number of benzene rings is 2. The number of hydrogen-bond acceptors (Lipinski definition) is 7. The van der Waals surface area contributed by atoms with E-state index in [2.05, 4.69) is 21.4 Å². The van der Waals surface area contributed by atoms with Gasteiger partial charge in [0.1, 0.15) is 12.1 Å². The van der Waals surface area contributed by atoms with Crippen LogP contribution < -0.4 is 14.4 Å². The van der Waals surface area contributed by atoms with E-state index in [1.165, 1.54) is 7.11 Å². The number of fused-ring (bicyclic) bond motifs is 1. The molecule has 8 nitrogen and oxygen atoms in total. The molecule has 1 saturated heterocycles. The Morgan fingerprint density at radius 1 is 1.18 bits per heavy atom. The fourth-order valence-electron chi connectivity index (χ4n) is 4.11. The van der Waals surface area contributed by atoms with Crippen LogP contribution in [0.2, 0.25) is 0 Å². The molecule has 0 radical (unpaired) electrons. The number of aromatic nitrogens is 2. The number of carbonyl (C=O) groups is 1. The Kier molecular flexibility index (Phi) is 8.42. The molecule has 0 bridgehead atoms. The van der Waals surface area contributed by atoms with Gasteiger partial charge in [-0.25, -0.2) is 14.4 Å². The standard InChI is InChI=1S/C26H26F4N4O4/c1-3-24(35)34(17-5-6-20(27)19(13-17)26(28,29)30)25-18-14-23(22(36-2)15-21(18)31-16-32-25)38-10-4-7-33-8-11-37-12-9-33/h3,5-6,13-16H,1,4,7-12H2,2H3. The van der Waals surface area contributed by atoms with Gasteiger partial charge in [-0.2, -0.15) is 13.2 Å². The van der Waals surface area contributed by atoms with E-state index in [0.29, 0.717) is 54.4 Å². The smallest absolute Gasteiger partial charge is 0.419 e. The van der Waals surface area contributed by atoms with Crippen LogP contribution in [0.3, 0.4) is 0 Å². The van der Waals surface area contributed by atoms with E-state index in [1.807, 2.05) is 0 Å². The van der Waals surface area contributed by atoms with Gasteiger partial charge in [-0.05, 0) is 36.8 Å². The van der Waals surface area contributed by atoms with Crippen LogP contribution in [-0.4, -0.2) is 67.3 Å². The van der Waals surface area contributed by atoms with Crippen molar-refractivity contribution < 1.29 is 36.6 Å². The maximum Gasteiger partial charge on any atom is 0.419 e. The SMILES string of the molecule is C=CC(=O)N(c1ccc(F)c(C(F)(F)F)c1)c1ncnc2cc(OC)c(OCCCN3CCOCC3)cc12. The number of anilines is 2. The summed E-state index contributed by atoms with van der Waals surface area (Å²) in [5, 5.41) is 0.310. The largest absolute Gasteiger partial charge is 0.493 e. The molecule has 1 amide bonds. The number of ether oxygens (including phenoxy) is 3. The summed E-state index contributed by atoms with van der Waals surface area (Å²) in [6.07, 6.45) is -2.14. The Morgan fingerprint density at radius 2 is 1.95 bits per heavy atom. The summed E-state index contributed by atoms with van der Waals surface area (Å²) < 4.78 is 70.9. The first kappa shape index (κ1) is 27.3. The fraction of sp³-hybridized carbons (Fsp3) is 0.346. The summed E-state index contributed by atoms with van der Waals surface area (Å²) in [5.41, 5.74) is -1.40. The van der Waals surface area contributed by atoms with Crippen molar-refractivity contribution in [3.05, 3.63) is 60.7 Å². The van der Waals surface area contributed by atoms with Crippen LogP contribution in [-0.2, 0) is 15.7 Å². The van der Waals surface area contributed by atoms with E-state index >= 15 is 0 Å². The summed E-state index contributed by atoms with van der Waals surface area (Å²) in [6, 6.07) is 5.41. The predicted molar refractivity (Wildman–Crippen MR) is 132 cm³/mol. The molecule has 1 aliphatic rings. The zero-order chi connectivity index (χ0) is 27.3. The van der Waals surface area contributed by atoms with Gasteiger partial charge in [0.05, 0.1) is 43.7 Å². The molecule has 0 atom stereocenters. The molecule has 2 aromatic carbocycles. The topological polar surface area (TPSA) is 77.0 Å². The normalized spacial score (nSPS) is 14.3. The van der Waals surface area contributed by atoms with Gasteiger partial charge < -0.3 is 14.2 Å². The molecule has 1 aromatic heterocycles. The number of methoxy groups -OCH3 is 1. The molecule has 0 spiro atoms. The average Bonchev–Trinajstić information content (AvgIpc) is 2.91. The lowest BCUT2D eigenvalue weighted by Gasteiger charge is -2.26. The number of morpholine rings is 1. The van der Waals surface area contributed by atoms with Crippen molar-refractivity contribution in [3.63, 3.8) is 0 Å². The Hall–Kier alpha value is -3.77. The van der Waals surface area contributed by atoms with E-state index in [0.717, 1.165) is 49.4 Å². The van der Waals surface area contributed by atoms with E-state index in [-0.39, 0.29) is 11.5 Å². The van der Waals surface area contributed by atoms with Crippen LogP contribution in [0.25, 0.3) is 10.9 Å². The Labute approximate surface area is 216 Å². The van der Waals surface area contributed by atoms with Gasteiger partial charge in [0.2, 0.25) is 0 Å². The quantitative estimate of drug-likeness (QED) is 0.223. The first-order chi connectivity index (χ1) is 18.2. The van der Waals surface area contributed by atoms with Gasteiger partial charge in [-0.15, -0.1) is 0 Å². The summed E-state index contributed by atoms with van der Waals surface area (Å²) in [6.45, 7) is 7.73. The van der Waals surface area contributed by atoms with E-state index in [1.54, 1.807) is 12.1 Å². The van der Waals surface area contributed by atoms with Crippen LogP contribution in [0.1, 0.15) is 12.0 Å². The number of rotatable bonds is 9. The second kappa shape index (κ2) is 11.7. The molecule has 1 aliphatic heterocycles. The zero-order valence-electron chi connectivity index (χ0n) is 20.6. The van der Waals surface area contributed by atoms with Crippen LogP contribution in [0, 0.1) is 5.82 Å². The van der Waals surface area contributed by atoms with Crippen LogP contribution in [0.5, 0.6) is 11.5 Å². The Morgan fingerprint density at radius 3 is 2.63 bits per heavy atom. The van der Waals surface area contributed by atoms with E-state index in [9.17, 15) is 22.4 Å². The molecule has 12 heteroatoms. The molecule has 2 heterocycles. The van der Waals surface area contributed by atoms with Gasteiger partial charge in [0.15, 0.2) is 17.3 Å². The van der Waals surface area contributed by atoms with E-state index in [4.69, 9.17) is 14.2 Å². The Balaban J connectivity index is 1.70. The molecular weight excluding hydrogens is 508 g/mol. The third kappa shape index (κ3) is 6.03. The molecular formula is C26H26F4N4O4. The second-order valence-corrected chi connectivity index (χ2v) is 8.41. The van der Waals surface area contributed by atoms with Crippen molar-refractivity contribution in [2.45, 2.75) is 12.6 Å². The maximum atomic E-state index is 14.0. The average molecular weight is 535 g/mol. The lowest BCUT2D eigenvalue weighted by molar-refractivity contribution is -0.140. The predicted octanol–water partition coefficient (Wildman–Crippen LogP) is 4.75. The number of carbonyl (C=O) groups excluding carboxylic acids is 1. The molecule has 0 saturated carbocycles. The third-order valence-electron chi connectivity index (χ3n) is 6.00. The summed E-state index contributed by atoms with van der Waals surface area (Å²) in [4.78, 5) is 24.5. The molecule has 3 aromatic rings. The number of nitrogens with zero attached hydrogens (tertiary/aromatic N) is 4. The van der Waals surface area contributed by atoms with Crippen molar-refractivity contribution in [2.75, 3.05) is 51.5 Å². The molecule has 0 aliphatic carbocycles. The number of hydrogen-bond donors (Lipinski definition) is 0. The van der Waals surface area contributed by atoms with Gasteiger partial charge in [0.25, 0.3) is 5.91 Å². The van der Waals surface area contributed by atoms with Crippen LogP contribution in [0.4, 0.5) is 29.1 Å². The Bertz CT molecular complexity index is 1310. The van der Waals surface area contributed by atoms with Crippen molar-refractivity contribution in [3.8, 4) is 11.5 Å². The highest BCUT2D eigenvalue weighted by molar-refractivity contribution is 6.10. The first-order valence-electron chi connectivity index (χ1n) is 11.8. The summed E-state index contributed by atoms with van der Waals surface area (Å²) in [7, 11) is 1.47. The minimum absolute atomic E-state index is 0.0274. The highest BCUT2D eigenvalue weighted by atomic mass is 19.4. The highest BCUT2D eigenvalue weighted by Gasteiger charge is 2.35. The molecule has 38 heavy (non-hydrogen) atoms. The van der Waals surface area contributed by atoms with Crippen molar-refractivity contribution in [2.24, 2.45) is 0 Å². The minimum atomic E-state index is -4.97. The second-order valence-electron chi connectivity index (χ2n) is 8.41. The molecule has 202 valence electrons. The van der Waals surface area contributed by atoms with Gasteiger partial charge in [-0.3, -0.25) is 14.6 Å². The van der Waals surface area contributed by atoms with Gasteiger partial charge in [0, 0.05) is 31.1 Å². The molecule has 0 N–H and O–H groups in total. The molecule has 0 unspecified atom stereocenters. The number of halogens is 4. The van der Waals surface area contributed by atoms with Crippen molar-refractivity contribution in [1.82, 2.24) is 14.9 Å². The van der Waals surface area contributed by atoms with E-state index < -0.39 is 23.5 Å². The first-order valence-corrected chi connectivity index (χ1v) is 11.8. The van der Waals surface area contributed by atoms with Crippen molar-refractivity contribution >= 4 is 28.3 Å². The summed E-state index contributed by atoms with van der Waals surface area (Å²) >= 11 is 0. The van der Waals surface area contributed by atoms with Crippen LogP contribution in [0.15, 0.2) is 49.3 Å². The van der Waals surface area contributed by atoms with Crippen LogP contribution >= 0.6 is 0 Å². The maximum absolute atomic E-state index is 14.0. The fourth-order valence-corrected chi connectivity index (χ4v) is 4.11. The highest BCUT2D eigenvalue weighted by Crippen LogP contribution is 2.39.